The van der Waals surface area contributed by atoms with Crippen molar-refractivity contribution in [3.05, 3.63) is 17.7 Å². The standard InChI is InChI=1S/C16H24N4O/c1-10-7-12(5-6-20(10)2)18-15-9-14-11(8-13(15)17)3-4-16(21)19-14/h8-10,12,18H,3-7,17H2,1-2H3,(H,19,21). The molecule has 0 bridgehead atoms. The van der Waals surface area contributed by atoms with Gasteiger partial charge in [-0.05, 0) is 50.9 Å². The number of hydrogen-bond donors (Lipinski definition) is 3. The Morgan fingerprint density at radius 2 is 2.19 bits per heavy atom. The summed E-state index contributed by atoms with van der Waals surface area (Å²) >= 11 is 0. The molecule has 0 spiro atoms. The van der Waals surface area contributed by atoms with E-state index in [-0.39, 0.29) is 5.91 Å². The number of likely N-dealkylation sites (tertiary alicyclic amines) is 1. The minimum atomic E-state index is 0.0890. The summed E-state index contributed by atoms with van der Waals surface area (Å²) in [5.41, 5.74) is 9.93. The van der Waals surface area contributed by atoms with Crippen LogP contribution >= 0.6 is 0 Å². The van der Waals surface area contributed by atoms with Gasteiger partial charge in [-0.25, -0.2) is 0 Å². The second kappa shape index (κ2) is 5.56. The smallest absolute Gasteiger partial charge is 0.224 e. The number of fused-ring (bicyclic) bond motifs is 1. The zero-order valence-corrected chi connectivity index (χ0v) is 12.8. The van der Waals surface area contributed by atoms with Crippen molar-refractivity contribution in [2.75, 3.05) is 30.0 Å². The number of nitrogens with zero attached hydrogens (tertiary/aromatic N) is 1. The van der Waals surface area contributed by atoms with Gasteiger partial charge in [-0.15, -0.1) is 0 Å². The number of amides is 1. The molecular formula is C16H24N4O. The first kappa shape index (κ1) is 14.2. The molecule has 2 atom stereocenters. The Morgan fingerprint density at radius 1 is 1.38 bits per heavy atom. The van der Waals surface area contributed by atoms with E-state index in [0.29, 0.717) is 18.5 Å². The maximum atomic E-state index is 11.5. The zero-order chi connectivity index (χ0) is 15.0. The molecule has 0 radical (unpaired) electrons. The summed E-state index contributed by atoms with van der Waals surface area (Å²) in [5.74, 6) is 0.0890. The summed E-state index contributed by atoms with van der Waals surface area (Å²) in [7, 11) is 2.17. The van der Waals surface area contributed by atoms with Crippen molar-refractivity contribution in [3.8, 4) is 0 Å². The van der Waals surface area contributed by atoms with Crippen molar-refractivity contribution < 1.29 is 4.79 Å². The van der Waals surface area contributed by atoms with E-state index in [9.17, 15) is 4.79 Å². The minimum absolute atomic E-state index is 0.0890. The number of nitrogens with two attached hydrogens (primary N) is 1. The quantitative estimate of drug-likeness (QED) is 0.728. The lowest BCUT2D eigenvalue weighted by Crippen LogP contribution is -2.42. The van der Waals surface area contributed by atoms with Crippen molar-refractivity contribution in [2.45, 2.75) is 44.7 Å². The van der Waals surface area contributed by atoms with Crippen LogP contribution < -0.4 is 16.4 Å². The Kier molecular flexibility index (Phi) is 3.76. The molecule has 4 N–H and O–H groups in total. The first-order valence-corrected chi connectivity index (χ1v) is 7.72. The Bertz CT molecular complexity index is 557. The van der Waals surface area contributed by atoms with Crippen LogP contribution in [0.15, 0.2) is 12.1 Å². The molecule has 1 fully saturated rings. The first-order chi connectivity index (χ1) is 10.0. The second-order valence-corrected chi connectivity index (χ2v) is 6.34. The van der Waals surface area contributed by atoms with Crippen LogP contribution in [-0.4, -0.2) is 36.5 Å². The third-order valence-corrected chi connectivity index (χ3v) is 4.74. The van der Waals surface area contributed by atoms with Gasteiger partial charge in [0, 0.05) is 30.7 Å². The average molecular weight is 288 g/mol. The molecule has 3 rings (SSSR count). The van der Waals surface area contributed by atoms with Gasteiger partial charge < -0.3 is 21.3 Å². The molecule has 0 saturated carbocycles. The molecule has 2 unspecified atom stereocenters. The summed E-state index contributed by atoms with van der Waals surface area (Å²) in [6.07, 6.45) is 3.55. The summed E-state index contributed by atoms with van der Waals surface area (Å²) in [4.78, 5) is 13.9. The molecular weight excluding hydrogens is 264 g/mol. The Hall–Kier alpha value is -1.75. The molecule has 0 aliphatic carbocycles. The lowest BCUT2D eigenvalue weighted by atomic mass is 9.97. The van der Waals surface area contributed by atoms with Gasteiger partial charge in [-0.3, -0.25) is 4.79 Å². The molecule has 2 aliphatic heterocycles. The number of piperidine rings is 1. The van der Waals surface area contributed by atoms with E-state index >= 15 is 0 Å². The second-order valence-electron chi connectivity index (χ2n) is 6.34. The largest absolute Gasteiger partial charge is 0.397 e. The van der Waals surface area contributed by atoms with E-state index in [2.05, 4.69) is 29.5 Å². The van der Waals surface area contributed by atoms with Crippen molar-refractivity contribution in [1.29, 1.82) is 0 Å². The summed E-state index contributed by atoms with van der Waals surface area (Å²) < 4.78 is 0. The van der Waals surface area contributed by atoms with Crippen molar-refractivity contribution >= 4 is 23.0 Å². The van der Waals surface area contributed by atoms with Crippen LogP contribution in [-0.2, 0) is 11.2 Å². The van der Waals surface area contributed by atoms with Gasteiger partial charge in [0.25, 0.3) is 0 Å². The third kappa shape index (κ3) is 2.97. The molecule has 2 aliphatic rings. The molecule has 1 amide bonds. The highest BCUT2D eigenvalue weighted by Crippen LogP contribution is 2.32. The number of rotatable bonds is 2. The highest BCUT2D eigenvalue weighted by molar-refractivity contribution is 5.95. The molecule has 21 heavy (non-hydrogen) atoms. The number of aryl methyl sites for hydroxylation is 1. The van der Waals surface area contributed by atoms with Gasteiger partial charge in [0.05, 0.1) is 11.4 Å². The highest BCUT2D eigenvalue weighted by Gasteiger charge is 2.24. The van der Waals surface area contributed by atoms with E-state index in [4.69, 9.17) is 5.73 Å². The number of benzene rings is 1. The lowest BCUT2D eigenvalue weighted by Gasteiger charge is -2.36. The summed E-state index contributed by atoms with van der Waals surface area (Å²) in [5, 5.41) is 6.50. The first-order valence-electron chi connectivity index (χ1n) is 7.72. The van der Waals surface area contributed by atoms with Gasteiger partial charge in [-0.1, -0.05) is 0 Å². The van der Waals surface area contributed by atoms with Crippen molar-refractivity contribution in [2.24, 2.45) is 0 Å². The topological polar surface area (TPSA) is 70.4 Å². The Labute approximate surface area is 125 Å². The van der Waals surface area contributed by atoms with Crippen LogP contribution in [0.4, 0.5) is 17.1 Å². The predicted molar refractivity (Wildman–Crippen MR) is 86.5 cm³/mol. The Morgan fingerprint density at radius 3 is 2.95 bits per heavy atom. The number of nitrogens with one attached hydrogen (secondary N) is 2. The zero-order valence-electron chi connectivity index (χ0n) is 12.8. The Balaban J connectivity index is 1.76. The van der Waals surface area contributed by atoms with E-state index in [1.807, 2.05) is 12.1 Å². The van der Waals surface area contributed by atoms with Crippen LogP contribution in [0.2, 0.25) is 0 Å². The molecule has 1 saturated heterocycles. The van der Waals surface area contributed by atoms with Gasteiger partial charge in [0.2, 0.25) is 5.91 Å². The number of anilines is 3. The maximum absolute atomic E-state index is 11.5. The molecule has 5 nitrogen and oxygen atoms in total. The fraction of sp³-hybridized carbons (Fsp3) is 0.562. The van der Waals surface area contributed by atoms with Crippen LogP contribution in [0.1, 0.15) is 31.7 Å². The fourth-order valence-corrected chi connectivity index (χ4v) is 3.21. The number of carbonyl (C=O) groups is 1. The minimum Gasteiger partial charge on any atom is -0.397 e. The average Bonchev–Trinajstić information content (AvgIpc) is 2.44. The molecule has 5 heteroatoms. The molecule has 114 valence electrons. The summed E-state index contributed by atoms with van der Waals surface area (Å²) in [6.45, 7) is 3.35. The van der Waals surface area contributed by atoms with Gasteiger partial charge >= 0.3 is 0 Å². The van der Waals surface area contributed by atoms with E-state index < -0.39 is 0 Å². The summed E-state index contributed by atoms with van der Waals surface area (Å²) in [6, 6.07) is 5.01. The molecule has 1 aromatic rings. The molecule has 2 heterocycles. The molecule has 1 aromatic carbocycles. The van der Waals surface area contributed by atoms with Crippen LogP contribution in [0, 0.1) is 0 Å². The third-order valence-electron chi connectivity index (χ3n) is 4.74. The SMILES string of the molecule is CC1CC(Nc2cc3c(cc2N)CCC(=O)N3)CCN1C. The van der Waals surface area contributed by atoms with Gasteiger partial charge in [-0.2, -0.15) is 0 Å². The monoisotopic (exact) mass is 288 g/mol. The van der Waals surface area contributed by atoms with E-state index in [1.54, 1.807) is 0 Å². The molecule has 0 aromatic heterocycles. The van der Waals surface area contributed by atoms with Gasteiger partial charge in [0.1, 0.15) is 0 Å². The van der Waals surface area contributed by atoms with Crippen LogP contribution in [0.5, 0.6) is 0 Å². The van der Waals surface area contributed by atoms with Crippen LogP contribution in [0.3, 0.4) is 0 Å². The van der Waals surface area contributed by atoms with E-state index in [1.165, 1.54) is 0 Å². The van der Waals surface area contributed by atoms with E-state index in [0.717, 1.165) is 48.4 Å². The fourth-order valence-electron chi connectivity index (χ4n) is 3.21. The lowest BCUT2D eigenvalue weighted by molar-refractivity contribution is -0.116. The number of hydrogen-bond acceptors (Lipinski definition) is 4. The predicted octanol–water partition coefficient (Wildman–Crippen LogP) is 2.05. The van der Waals surface area contributed by atoms with Crippen molar-refractivity contribution in [1.82, 2.24) is 4.90 Å². The normalized spacial score (nSPS) is 26.1. The maximum Gasteiger partial charge on any atom is 0.224 e. The number of nitrogen functional groups attached to an aromatic ring is 1. The number of carbonyl (C=O) groups excluding carboxylic acids is 1. The van der Waals surface area contributed by atoms with Crippen molar-refractivity contribution in [3.63, 3.8) is 0 Å². The van der Waals surface area contributed by atoms with Gasteiger partial charge in [0.15, 0.2) is 0 Å². The van der Waals surface area contributed by atoms with Crippen LogP contribution in [0.25, 0.3) is 0 Å². The highest BCUT2D eigenvalue weighted by atomic mass is 16.1.